The molecule has 0 aromatic rings. The Balaban J connectivity index is 3.35. The van der Waals surface area contributed by atoms with Gasteiger partial charge in [-0.25, -0.2) is 4.79 Å². The van der Waals surface area contributed by atoms with Crippen molar-refractivity contribution in [3.63, 3.8) is 0 Å². The molecule has 1 N–H and O–H groups in total. The van der Waals surface area contributed by atoms with Crippen LogP contribution in [0.25, 0.3) is 0 Å². The van der Waals surface area contributed by atoms with Crippen LogP contribution in [0.4, 0.5) is 0 Å². The lowest BCUT2D eigenvalue weighted by molar-refractivity contribution is 0.180. The van der Waals surface area contributed by atoms with Crippen LogP contribution in [0.15, 0.2) is 4.99 Å². The van der Waals surface area contributed by atoms with Crippen molar-refractivity contribution in [2.24, 2.45) is 4.99 Å². The molecule has 3 heteroatoms. The van der Waals surface area contributed by atoms with Crippen LogP contribution in [-0.4, -0.2) is 17.4 Å². The fraction of sp³-hybridized carbons (Fsp3) is 0.750. The molecular formula is C4H7NO2. The van der Waals surface area contributed by atoms with E-state index in [4.69, 9.17) is 5.11 Å². The minimum Gasteiger partial charge on any atom is -0.371 e. The summed E-state index contributed by atoms with van der Waals surface area (Å²) in [5, 5.41) is 8.43. The van der Waals surface area contributed by atoms with Crippen LogP contribution in [-0.2, 0) is 4.79 Å². The zero-order valence-corrected chi connectivity index (χ0v) is 4.09. The maximum atomic E-state index is 9.32. The van der Waals surface area contributed by atoms with Crippen LogP contribution in [0.1, 0.15) is 13.3 Å². The number of aliphatic hydroxyl groups is 1. The number of hydrogen-bond acceptors (Lipinski definition) is 3. The molecule has 0 spiro atoms. The molecule has 7 heavy (non-hydrogen) atoms. The SMILES string of the molecule is CCC(O)N=C=O. The Bertz CT molecular complexity index is 85.7. The molecule has 0 saturated carbocycles. The van der Waals surface area contributed by atoms with E-state index in [1.807, 2.05) is 0 Å². The minimum atomic E-state index is -0.850. The molecule has 40 valence electrons. The molecular weight excluding hydrogens is 94.0 g/mol. The third kappa shape index (κ3) is 3.16. The molecule has 0 amide bonds. The van der Waals surface area contributed by atoms with Gasteiger partial charge in [0.15, 0.2) is 6.23 Å². The summed E-state index contributed by atoms with van der Waals surface area (Å²) < 4.78 is 0. The van der Waals surface area contributed by atoms with Crippen molar-refractivity contribution in [1.82, 2.24) is 0 Å². The van der Waals surface area contributed by atoms with Crippen molar-refractivity contribution in [3.8, 4) is 0 Å². The summed E-state index contributed by atoms with van der Waals surface area (Å²) in [4.78, 5) is 12.3. The predicted molar refractivity (Wildman–Crippen MR) is 24.4 cm³/mol. The summed E-state index contributed by atoms with van der Waals surface area (Å²) in [5.41, 5.74) is 0. The first kappa shape index (κ1) is 6.34. The zero-order valence-electron chi connectivity index (χ0n) is 4.09. The fourth-order valence-electron chi connectivity index (χ4n) is 0.152. The summed E-state index contributed by atoms with van der Waals surface area (Å²) in [6.45, 7) is 1.73. The van der Waals surface area contributed by atoms with Gasteiger partial charge in [0.1, 0.15) is 0 Å². The molecule has 0 saturated heterocycles. The average molecular weight is 101 g/mol. The topological polar surface area (TPSA) is 49.7 Å². The molecule has 0 radical (unpaired) electrons. The first-order valence-electron chi connectivity index (χ1n) is 2.06. The standard InChI is InChI=1S/C4H7NO2/c1-2-4(7)5-3-6/h4,7H,2H2,1H3. The van der Waals surface area contributed by atoms with Crippen molar-refractivity contribution in [2.45, 2.75) is 19.6 Å². The van der Waals surface area contributed by atoms with E-state index in [1.54, 1.807) is 6.92 Å². The van der Waals surface area contributed by atoms with E-state index in [9.17, 15) is 4.79 Å². The number of hydrogen-bond donors (Lipinski definition) is 1. The van der Waals surface area contributed by atoms with E-state index in [2.05, 4.69) is 4.99 Å². The highest BCUT2D eigenvalue weighted by Crippen LogP contribution is 1.86. The second kappa shape index (κ2) is 3.53. The third-order valence-corrected chi connectivity index (χ3v) is 0.567. The van der Waals surface area contributed by atoms with E-state index in [-0.39, 0.29) is 0 Å². The lowest BCUT2D eigenvalue weighted by Gasteiger charge is -1.91. The Labute approximate surface area is 41.7 Å². The van der Waals surface area contributed by atoms with Gasteiger partial charge in [0, 0.05) is 0 Å². The smallest absolute Gasteiger partial charge is 0.237 e. The highest BCUT2D eigenvalue weighted by molar-refractivity contribution is 5.32. The van der Waals surface area contributed by atoms with Crippen LogP contribution in [0, 0.1) is 0 Å². The van der Waals surface area contributed by atoms with Gasteiger partial charge in [-0.15, -0.1) is 0 Å². The normalized spacial score (nSPS) is 12.3. The Hall–Kier alpha value is -0.660. The number of aliphatic hydroxyl groups excluding tert-OH is 1. The first-order chi connectivity index (χ1) is 3.31. The van der Waals surface area contributed by atoms with Gasteiger partial charge in [-0.3, -0.25) is 0 Å². The van der Waals surface area contributed by atoms with E-state index in [0.29, 0.717) is 6.42 Å². The van der Waals surface area contributed by atoms with Crippen molar-refractivity contribution < 1.29 is 9.90 Å². The van der Waals surface area contributed by atoms with E-state index >= 15 is 0 Å². The third-order valence-electron chi connectivity index (χ3n) is 0.567. The van der Waals surface area contributed by atoms with Gasteiger partial charge in [-0.1, -0.05) is 6.92 Å². The van der Waals surface area contributed by atoms with Crippen molar-refractivity contribution in [2.75, 3.05) is 0 Å². The fourth-order valence-corrected chi connectivity index (χ4v) is 0.152. The monoisotopic (exact) mass is 101 g/mol. The average Bonchev–Trinajstić information content (AvgIpc) is 1.68. The van der Waals surface area contributed by atoms with Gasteiger partial charge in [-0.2, -0.15) is 4.99 Å². The summed E-state index contributed by atoms with van der Waals surface area (Å²) in [6, 6.07) is 0. The Morgan fingerprint density at radius 2 is 2.57 bits per heavy atom. The van der Waals surface area contributed by atoms with Crippen LogP contribution < -0.4 is 0 Å². The highest BCUT2D eigenvalue weighted by atomic mass is 16.3. The molecule has 0 aliphatic heterocycles. The van der Waals surface area contributed by atoms with Crippen LogP contribution in [0.5, 0.6) is 0 Å². The highest BCUT2D eigenvalue weighted by Gasteiger charge is 1.90. The molecule has 0 aliphatic rings. The van der Waals surface area contributed by atoms with Gasteiger partial charge in [-0.05, 0) is 6.42 Å². The Morgan fingerprint density at radius 3 is 2.71 bits per heavy atom. The van der Waals surface area contributed by atoms with E-state index in [0.717, 1.165) is 0 Å². The second-order valence-corrected chi connectivity index (χ2v) is 1.11. The number of rotatable bonds is 2. The second-order valence-electron chi connectivity index (χ2n) is 1.11. The summed E-state index contributed by atoms with van der Waals surface area (Å²) >= 11 is 0. The summed E-state index contributed by atoms with van der Waals surface area (Å²) in [7, 11) is 0. The molecule has 0 rings (SSSR count). The summed E-state index contributed by atoms with van der Waals surface area (Å²) in [5.74, 6) is 0. The van der Waals surface area contributed by atoms with E-state index in [1.165, 1.54) is 6.08 Å². The number of nitrogens with zero attached hydrogens (tertiary/aromatic N) is 1. The van der Waals surface area contributed by atoms with Gasteiger partial charge in [0.25, 0.3) is 0 Å². The first-order valence-corrected chi connectivity index (χ1v) is 2.06. The number of aliphatic imine (C=N–C) groups is 1. The van der Waals surface area contributed by atoms with Crippen molar-refractivity contribution in [1.29, 1.82) is 0 Å². The van der Waals surface area contributed by atoms with Crippen molar-refractivity contribution in [3.05, 3.63) is 0 Å². The van der Waals surface area contributed by atoms with Gasteiger partial charge in [0.05, 0.1) is 0 Å². The largest absolute Gasteiger partial charge is 0.371 e. The molecule has 0 aromatic carbocycles. The van der Waals surface area contributed by atoms with Gasteiger partial charge < -0.3 is 5.11 Å². The molecule has 0 heterocycles. The van der Waals surface area contributed by atoms with Crippen LogP contribution in [0.3, 0.4) is 0 Å². The molecule has 1 unspecified atom stereocenters. The number of isocyanates is 1. The molecule has 0 aromatic heterocycles. The van der Waals surface area contributed by atoms with Crippen LogP contribution >= 0.6 is 0 Å². The molecule has 0 bridgehead atoms. The molecule has 0 fully saturated rings. The maximum Gasteiger partial charge on any atom is 0.237 e. The summed E-state index contributed by atoms with van der Waals surface area (Å²) in [6.07, 6.45) is 0.861. The molecule has 3 nitrogen and oxygen atoms in total. The molecule has 0 aliphatic carbocycles. The number of carbonyl (C=O) groups excluding carboxylic acids is 1. The van der Waals surface area contributed by atoms with Gasteiger partial charge >= 0.3 is 0 Å². The Morgan fingerprint density at radius 1 is 2.00 bits per heavy atom. The Kier molecular flexibility index (Phi) is 3.19. The maximum absolute atomic E-state index is 9.32. The van der Waals surface area contributed by atoms with E-state index < -0.39 is 6.23 Å². The zero-order chi connectivity index (χ0) is 5.70. The van der Waals surface area contributed by atoms with Crippen molar-refractivity contribution >= 4 is 6.08 Å². The quantitative estimate of drug-likeness (QED) is 0.394. The molecule has 1 atom stereocenters. The van der Waals surface area contributed by atoms with Crippen LogP contribution in [0.2, 0.25) is 0 Å². The van der Waals surface area contributed by atoms with Gasteiger partial charge in [0.2, 0.25) is 6.08 Å². The lowest BCUT2D eigenvalue weighted by atomic mass is 10.4. The minimum absolute atomic E-state index is 0.468. The lowest BCUT2D eigenvalue weighted by Crippen LogP contribution is -1.97. The predicted octanol–water partition coefficient (Wildman–Crippen LogP) is 0.0506.